The SMILES string of the molecule is Cc1ccc(Cl)c(OCCN(C)C)c1C.Cl. The molecule has 0 saturated carbocycles. The summed E-state index contributed by atoms with van der Waals surface area (Å²) in [6.07, 6.45) is 0. The summed E-state index contributed by atoms with van der Waals surface area (Å²) in [6, 6.07) is 3.89. The quantitative estimate of drug-likeness (QED) is 0.827. The number of rotatable bonds is 4. The second kappa shape index (κ2) is 7.00. The summed E-state index contributed by atoms with van der Waals surface area (Å²) in [4.78, 5) is 2.08. The summed E-state index contributed by atoms with van der Waals surface area (Å²) in [5.74, 6) is 0.818. The molecular formula is C12H19Cl2NO. The lowest BCUT2D eigenvalue weighted by Gasteiger charge is -2.15. The van der Waals surface area contributed by atoms with Gasteiger partial charge in [0.1, 0.15) is 12.4 Å². The predicted molar refractivity (Wildman–Crippen MR) is 72.2 cm³/mol. The van der Waals surface area contributed by atoms with Gasteiger partial charge < -0.3 is 9.64 Å². The highest BCUT2D eigenvalue weighted by atomic mass is 35.5. The molecule has 0 saturated heterocycles. The molecule has 0 heterocycles. The second-order valence-electron chi connectivity index (χ2n) is 3.97. The van der Waals surface area contributed by atoms with Crippen LogP contribution in [0, 0.1) is 13.8 Å². The Labute approximate surface area is 109 Å². The highest BCUT2D eigenvalue weighted by molar-refractivity contribution is 6.32. The van der Waals surface area contributed by atoms with Gasteiger partial charge in [-0.05, 0) is 45.1 Å². The zero-order valence-electron chi connectivity index (χ0n) is 10.2. The number of aryl methyl sites for hydroxylation is 1. The van der Waals surface area contributed by atoms with Gasteiger partial charge in [0.25, 0.3) is 0 Å². The van der Waals surface area contributed by atoms with Crippen molar-refractivity contribution in [3.05, 3.63) is 28.3 Å². The Kier molecular flexibility index (Phi) is 6.81. The fraction of sp³-hybridized carbons (Fsp3) is 0.500. The van der Waals surface area contributed by atoms with Crippen LogP contribution < -0.4 is 4.74 Å². The van der Waals surface area contributed by atoms with Crippen molar-refractivity contribution >= 4 is 24.0 Å². The third kappa shape index (κ3) is 4.20. The van der Waals surface area contributed by atoms with Crippen LogP contribution in [0.3, 0.4) is 0 Å². The molecule has 0 atom stereocenters. The van der Waals surface area contributed by atoms with Gasteiger partial charge in [-0.15, -0.1) is 12.4 Å². The van der Waals surface area contributed by atoms with E-state index in [4.69, 9.17) is 16.3 Å². The highest BCUT2D eigenvalue weighted by Gasteiger charge is 2.07. The zero-order chi connectivity index (χ0) is 11.4. The minimum Gasteiger partial charge on any atom is -0.490 e. The Morgan fingerprint density at radius 1 is 1.25 bits per heavy atom. The molecule has 1 rings (SSSR count). The molecule has 0 aliphatic carbocycles. The minimum atomic E-state index is 0. The van der Waals surface area contributed by atoms with Crippen LogP contribution in [0.2, 0.25) is 5.02 Å². The molecule has 16 heavy (non-hydrogen) atoms. The van der Waals surface area contributed by atoms with E-state index in [9.17, 15) is 0 Å². The fourth-order valence-electron chi connectivity index (χ4n) is 1.26. The number of ether oxygens (including phenoxy) is 1. The van der Waals surface area contributed by atoms with E-state index >= 15 is 0 Å². The topological polar surface area (TPSA) is 12.5 Å². The first-order chi connectivity index (χ1) is 7.02. The lowest BCUT2D eigenvalue weighted by atomic mass is 10.1. The molecule has 0 aromatic heterocycles. The van der Waals surface area contributed by atoms with E-state index in [1.165, 1.54) is 5.56 Å². The summed E-state index contributed by atoms with van der Waals surface area (Å²) in [5, 5.41) is 0.692. The standard InChI is InChI=1S/C12H18ClNO.ClH/c1-9-5-6-11(13)12(10(9)2)15-8-7-14(3)4;/h5-6H,7-8H2,1-4H3;1H. The van der Waals surface area contributed by atoms with E-state index in [-0.39, 0.29) is 12.4 Å². The smallest absolute Gasteiger partial charge is 0.141 e. The average Bonchev–Trinajstić information content (AvgIpc) is 2.17. The van der Waals surface area contributed by atoms with Gasteiger partial charge in [0.2, 0.25) is 0 Å². The van der Waals surface area contributed by atoms with Crippen molar-refractivity contribution in [1.29, 1.82) is 0 Å². The molecule has 0 N–H and O–H groups in total. The number of likely N-dealkylation sites (N-methyl/N-ethyl adjacent to an activating group) is 1. The van der Waals surface area contributed by atoms with E-state index < -0.39 is 0 Å². The number of hydrogen-bond acceptors (Lipinski definition) is 2. The summed E-state index contributed by atoms with van der Waals surface area (Å²) in [5.41, 5.74) is 2.33. The van der Waals surface area contributed by atoms with Crippen molar-refractivity contribution in [3.8, 4) is 5.75 Å². The number of hydrogen-bond donors (Lipinski definition) is 0. The molecule has 92 valence electrons. The van der Waals surface area contributed by atoms with Crippen molar-refractivity contribution in [2.75, 3.05) is 27.2 Å². The van der Waals surface area contributed by atoms with Gasteiger partial charge in [-0.25, -0.2) is 0 Å². The lowest BCUT2D eigenvalue weighted by Crippen LogP contribution is -2.19. The van der Waals surface area contributed by atoms with E-state index in [1.807, 2.05) is 33.2 Å². The van der Waals surface area contributed by atoms with Gasteiger partial charge in [-0.3, -0.25) is 0 Å². The maximum absolute atomic E-state index is 6.08. The van der Waals surface area contributed by atoms with Gasteiger partial charge in [0.05, 0.1) is 5.02 Å². The van der Waals surface area contributed by atoms with Crippen molar-refractivity contribution < 1.29 is 4.74 Å². The summed E-state index contributed by atoms with van der Waals surface area (Å²) >= 11 is 6.08. The van der Waals surface area contributed by atoms with Crippen LogP contribution in [-0.4, -0.2) is 32.1 Å². The number of nitrogens with zero attached hydrogens (tertiary/aromatic N) is 1. The Balaban J connectivity index is 0.00000225. The number of benzene rings is 1. The van der Waals surface area contributed by atoms with E-state index in [0.717, 1.165) is 17.9 Å². The highest BCUT2D eigenvalue weighted by Crippen LogP contribution is 2.30. The fourth-order valence-corrected chi connectivity index (χ4v) is 1.52. The molecule has 0 bridgehead atoms. The van der Waals surface area contributed by atoms with Gasteiger partial charge in [-0.2, -0.15) is 0 Å². The minimum absolute atomic E-state index is 0. The molecule has 0 unspecified atom stereocenters. The van der Waals surface area contributed by atoms with Gasteiger partial charge in [0, 0.05) is 6.54 Å². The second-order valence-corrected chi connectivity index (χ2v) is 4.38. The molecule has 1 aromatic carbocycles. The third-order valence-corrected chi connectivity index (χ3v) is 2.71. The summed E-state index contributed by atoms with van der Waals surface area (Å²) in [7, 11) is 4.04. The van der Waals surface area contributed by atoms with Crippen LogP contribution in [0.15, 0.2) is 12.1 Å². The van der Waals surface area contributed by atoms with Crippen molar-refractivity contribution in [3.63, 3.8) is 0 Å². The average molecular weight is 264 g/mol. The first-order valence-corrected chi connectivity index (χ1v) is 5.43. The predicted octanol–water partition coefficient (Wildman–Crippen LogP) is 3.32. The monoisotopic (exact) mass is 263 g/mol. The summed E-state index contributed by atoms with van der Waals surface area (Å²) < 4.78 is 5.69. The maximum Gasteiger partial charge on any atom is 0.141 e. The molecule has 1 aromatic rings. The van der Waals surface area contributed by atoms with Gasteiger partial charge in [0.15, 0.2) is 0 Å². The maximum atomic E-state index is 6.08. The first kappa shape index (κ1) is 15.6. The van der Waals surface area contributed by atoms with Crippen LogP contribution in [0.4, 0.5) is 0 Å². The van der Waals surface area contributed by atoms with Crippen molar-refractivity contribution in [2.45, 2.75) is 13.8 Å². The van der Waals surface area contributed by atoms with Crippen LogP contribution >= 0.6 is 24.0 Å². The van der Waals surface area contributed by atoms with Crippen LogP contribution in [-0.2, 0) is 0 Å². The Morgan fingerprint density at radius 2 is 1.88 bits per heavy atom. The van der Waals surface area contributed by atoms with Crippen LogP contribution in [0.25, 0.3) is 0 Å². The molecule has 0 aliphatic rings. The molecule has 0 spiro atoms. The van der Waals surface area contributed by atoms with E-state index in [2.05, 4.69) is 11.8 Å². The Bertz CT molecular complexity index is 340. The van der Waals surface area contributed by atoms with Crippen LogP contribution in [0.5, 0.6) is 5.75 Å². The molecule has 4 heteroatoms. The Morgan fingerprint density at radius 3 is 2.44 bits per heavy atom. The number of halogens is 2. The normalized spacial score (nSPS) is 10.1. The third-order valence-electron chi connectivity index (χ3n) is 2.41. The molecular weight excluding hydrogens is 245 g/mol. The van der Waals surface area contributed by atoms with Crippen molar-refractivity contribution in [1.82, 2.24) is 4.90 Å². The zero-order valence-corrected chi connectivity index (χ0v) is 11.8. The molecule has 2 nitrogen and oxygen atoms in total. The van der Waals surface area contributed by atoms with E-state index in [1.54, 1.807) is 0 Å². The Hall–Kier alpha value is -0.440. The first-order valence-electron chi connectivity index (χ1n) is 5.05. The molecule has 0 amide bonds. The molecule has 0 aliphatic heterocycles. The van der Waals surface area contributed by atoms with Gasteiger partial charge in [-0.1, -0.05) is 17.7 Å². The molecule has 0 radical (unpaired) electrons. The van der Waals surface area contributed by atoms with Gasteiger partial charge >= 0.3 is 0 Å². The largest absolute Gasteiger partial charge is 0.490 e. The van der Waals surface area contributed by atoms with Crippen LogP contribution in [0.1, 0.15) is 11.1 Å². The summed E-state index contributed by atoms with van der Waals surface area (Å²) in [6.45, 7) is 5.65. The molecule has 0 fully saturated rings. The van der Waals surface area contributed by atoms with E-state index in [0.29, 0.717) is 11.6 Å². The lowest BCUT2D eigenvalue weighted by molar-refractivity contribution is 0.260. The van der Waals surface area contributed by atoms with Crippen molar-refractivity contribution in [2.24, 2.45) is 0 Å².